The first-order valence-electron chi connectivity index (χ1n) is 7.95. The van der Waals surface area contributed by atoms with E-state index in [1.807, 2.05) is 19.1 Å². The van der Waals surface area contributed by atoms with Gasteiger partial charge in [-0.25, -0.2) is 8.42 Å². The molecule has 0 aliphatic carbocycles. The van der Waals surface area contributed by atoms with Gasteiger partial charge in [-0.1, -0.05) is 32.9 Å². The highest BCUT2D eigenvalue weighted by molar-refractivity contribution is 14.0. The minimum Gasteiger partial charge on any atom is -0.383 e. The van der Waals surface area contributed by atoms with E-state index in [1.165, 1.54) is 0 Å². The summed E-state index contributed by atoms with van der Waals surface area (Å²) in [6, 6.07) is 7.04. The third-order valence-corrected chi connectivity index (χ3v) is 5.24. The Hall–Kier alpha value is -0.870. The Labute approximate surface area is 168 Å². The number of nitrogens with two attached hydrogens (primary N) is 1. The fourth-order valence-corrected chi connectivity index (χ4v) is 3.27. The van der Waals surface area contributed by atoms with Crippen LogP contribution in [0.2, 0.25) is 0 Å². The smallest absolute Gasteiger partial charge is 0.188 e. The molecule has 1 unspecified atom stereocenters. The van der Waals surface area contributed by atoms with Crippen LogP contribution >= 0.6 is 24.0 Å². The minimum atomic E-state index is -3.37. The van der Waals surface area contributed by atoms with E-state index in [-0.39, 0.29) is 53.7 Å². The summed E-state index contributed by atoms with van der Waals surface area (Å²) in [6.45, 7) is 8.78. The normalized spacial score (nSPS) is 13.9. The first-order chi connectivity index (χ1) is 11.1. The van der Waals surface area contributed by atoms with Gasteiger partial charge in [0.1, 0.15) is 0 Å². The van der Waals surface area contributed by atoms with Gasteiger partial charge in [0.2, 0.25) is 0 Å². The van der Waals surface area contributed by atoms with Crippen LogP contribution in [0.25, 0.3) is 0 Å². The second kappa shape index (κ2) is 10.3. The molecule has 8 heteroatoms. The second-order valence-electron chi connectivity index (χ2n) is 6.86. The molecule has 6 nitrogen and oxygen atoms in total. The molecule has 0 fully saturated rings. The fourth-order valence-electron chi connectivity index (χ4n) is 2.16. The van der Waals surface area contributed by atoms with Crippen LogP contribution in [0, 0.1) is 0 Å². The molecular formula is C17H30IN3O3S. The Morgan fingerprint density at radius 2 is 1.84 bits per heavy atom. The number of guanidine groups is 1. The molecule has 0 bridgehead atoms. The molecule has 0 saturated heterocycles. The zero-order valence-corrected chi connectivity index (χ0v) is 18.7. The van der Waals surface area contributed by atoms with Crippen molar-refractivity contribution in [2.24, 2.45) is 10.7 Å². The molecule has 3 N–H and O–H groups in total. The topological polar surface area (TPSA) is 93.8 Å². The van der Waals surface area contributed by atoms with Crippen LogP contribution in [-0.4, -0.2) is 46.4 Å². The van der Waals surface area contributed by atoms with Crippen LogP contribution in [0.4, 0.5) is 0 Å². The molecule has 0 radical (unpaired) electrons. The number of hydrogen-bond donors (Lipinski definition) is 2. The maximum absolute atomic E-state index is 12.3. The summed E-state index contributed by atoms with van der Waals surface area (Å²) >= 11 is 0. The molecule has 0 aliphatic rings. The van der Waals surface area contributed by atoms with E-state index < -0.39 is 9.84 Å². The number of halogens is 1. The minimum absolute atomic E-state index is 0. The lowest BCUT2D eigenvalue weighted by molar-refractivity contribution is 0.179. The largest absolute Gasteiger partial charge is 0.383 e. The lowest BCUT2D eigenvalue weighted by Gasteiger charge is -2.19. The molecule has 1 rings (SSSR count). The van der Waals surface area contributed by atoms with Gasteiger partial charge in [0.15, 0.2) is 15.8 Å². The highest BCUT2D eigenvalue weighted by Crippen LogP contribution is 2.23. The van der Waals surface area contributed by atoms with Crippen molar-refractivity contribution in [3.8, 4) is 0 Å². The summed E-state index contributed by atoms with van der Waals surface area (Å²) in [7, 11) is -1.77. The number of ether oxygens (including phenoxy) is 1. The van der Waals surface area contributed by atoms with Gasteiger partial charge < -0.3 is 15.8 Å². The number of aliphatic imine (C=N–C) groups is 1. The van der Waals surface area contributed by atoms with E-state index in [2.05, 4.69) is 31.1 Å². The number of methoxy groups -OCH3 is 1. The summed E-state index contributed by atoms with van der Waals surface area (Å²) in [5.41, 5.74) is 6.82. The lowest BCUT2D eigenvalue weighted by Crippen LogP contribution is -2.40. The number of hydrogen-bond acceptors (Lipinski definition) is 4. The maximum Gasteiger partial charge on any atom is 0.188 e. The van der Waals surface area contributed by atoms with E-state index >= 15 is 0 Å². The molecule has 0 aromatic heterocycles. The molecule has 1 aromatic carbocycles. The van der Waals surface area contributed by atoms with E-state index in [1.54, 1.807) is 19.2 Å². The SMILES string of the molecule is COCC(C)NC(N)=NCCS(=O)(=O)c1ccc(C(C)(C)C)cc1.I. The number of benzene rings is 1. The predicted octanol–water partition coefficient (Wildman–Crippen LogP) is 2.32. The van der Waals surface area contributed by atoms with Gasteiger partial charge in [-0.3, -0.25) is 4.99 Å². The molecule has 25 heavy (non-hydrogen) atoms. The van der Waals surface area contributed by atoms with Crippen LogP contribution in [0.5, 0.6) is 0 Å². The van der Waals surface area contributed by atoms with Gasteiger partial charge in [-0.15, -0.1) is 24.0 Å². The average molecular weight is 483 g/mol. The molecule has 0 heterocycles. The third kappa shape index (κ3) is 8.37. The highest BCUT2D eigenvalue weighted by atomic mass is 127. The van der Waals surface area contributed by atoms with Crippen LogP contribution in [0.15, 0.2) is 34.2 Å². The Balaban J connectivity index is 0.00000576. The molecule has 144 valence electrons. The van der Waals surface area contributed by atoms with E-state index in [9.17, 15) is 8.42 Å². The van der Waals surface area contributed by atoms with Crippen LogP contribution < -0.4 is 11.1 Å². The molecule has 0 amide bonds. The molecular weight excluding hydrogens is 453 g/mol. The number of nitrogens with zero attached hydrogens (tertiary/aromatic N) is 1. The summed E-state index contributed by atoms with van der Waals surface area (Å²) in [5, 5.41) is 2.94. The predicted molar refractivity (Wildman–Crippen MR) is 114 cm³/mol. The van der Waals surface area contributed by atoms with Crippen LogP contribution in [0.1, 0.15) is 33.3 Å². The second-order valence-corrected chi connectivity index (χ2v) is 8.97. The molecule has 0 saturated carbocycles. The molecule has 1 aromatic rings. The Kier molecular flexibility index (Phi) is 9.96. The van der Waals surface area contributed by atoms with Crippen molar-refractivity contribution in [2.45, 2.75) is 44.0 Å². The van der Waals surface area contributed by atoms with Crippen LogP contribution in [0.3, 0.4) is 0 Å². The first-order valence-corrected chi connectivity index (χ1v) is 9.60. The maximum atomic E-state index is 12.3. The van der Waals surface area contributed by atoms with Crippen molar-refractivity contribution >= 4 is 39.8 Å². The van der Waals surface area contributed by atoms with Crippen molar-refractivity contribution < 1.29 is 13.2 Å². The van der Waals surface area contributed by atoms with Gasteiger partial charge in [-0.05, 0) is 30.0 Å². The number of nitrogens with one attached hydrogen (secondary N) is 1. The number of sulfone groups is 1. The van der Waals surface area contributed by atoms with Crippen molar-refractivity contribution in [2.75, 3.05) is 26.0 Å². The van der Waals surface area contributed by atoms with Crippen LogP contribution in [-0.2, 0) is 20.0 Å². The highest BCUT2D eigenvalue weighted by Gasteiger charge is 2.17. The van der Waals surface area contributed by atoms with Crippen molar-refractivity contribution in [1.29, 1.82) is 0 Å². The van der Waals surface area contributed by atoms with Gasteiger partial charge >= 0.3 is 0 Å². The summed E-state index contributed by atoms with van der Waals surface area (Å²) in [4.78, 5) is 4.37. The van der Waals surface area contributed by atoms with Crippen molar-refractivity contribution in [3.63, 3.8) is 0 Å². The van der Waals surface area contributed by atoms with E-state index in [0.717, 1.165) is 5.56 Å². The standard InChI is InChI=1S/C17H29N3O3S.HI/c1-13(12-23-5)20-16(18)19-10-11-24(21,22)15-8-6-14(7-9-15)17(2,3)4;/h6-9,13H,10-12H2,1-5H3,(H3,18,19,20);1H. The first kappa shape index (κ1) is 24.1. The van der Waals surface area contributed by atoms with Gasteiger partial charge in [-0.2, -0.15) is 0 Å². The summed E-state index contributed by atoms with van der Waals surface area (Å²) < 4.78 is 29.7. The van der Waals surface area contributed by atoms with Gasteiger partial charge in [0, 0.05) is 13.2 Å². The van der Waals surface area contributed by atoms with Gasteiger partial charge in [0.25, 0.3) is 0 Å². The van der Waals surface area contributed by atoms with Crippen molar-refractivity contribution in [3.05, 3.63) is 29.8 Å². The Morgan fingerprint density at radius 1 is 1.28 bits per heavy atom. The Morgan fingerprint density at radius 3 is 2.32 bits per heavy atom. The summed E-state index contributed by atoms with van der Waals surface area (Å²) in [6.07, 6.45) is 0. The molecule has 1 atom stereocenters. The van der Waals surface area contributed by atoms with Crippen molar-refractivity contribution in [1.82, 2.24) is 5.32 Å². The zero-order valence-electron chi connectivity index (χ0n) is 15.6. The average Bonchev–Trinajstić information content (AvgIpc) is 2.46. The number of rotatable bonds is 7. The quantitative estimate of drug-likeness (QED) is 0.353. The zero-order chi connectivity index (χ0) is 18.4. The monoisotopic (exact) mass is 483 g/mol. The fraction of sp³-hybridized carbons (Fsp3) is 0.588. The Bertz CT molecular complexity index is 653. The summed E-state index contributed by atoms with van der Waals surface area (Å²) in [5.74, 6) is 0.140. The molecule has 0 aliphatic heterocycles. The lowest BCUT2D eigenvalue weighted by atomic mass is 9.87. The third-order valence-electron chi connectivity index (χ3n) is 3.53. The molecule has 0 spiro atoms. The van der Waals surface area contributed by atoms with E-state index in [4.69, 9.17) is 10.5 Å². The van der Waals surface area contributed by atoms with Gasteiger partial charge in [0.05, 0.1) is 23.8 Å². The van der Waals surface area contributed by atoms with E-state index in [0.29, 0.717) is 11.5 Å².